The molecule has 1 aliphatic rings. The van der Waals surface area contributed by atoms with E-state index in [0.717, 1.165) is 0 Å². The molecule has 0 aromatic carbocycles. The standard InChI is InChI=1S/C12H24N2O3/c1-12(2,3)10(4-6-15)14-11(16)9-8-17-7-5-13-9/h9-10,13,15H,4-8H2,1-3H3,(H,14,16). The lowest BCUT2D eigenvalue weighted by atomic mass is 9.84. The summed E-state index contributed by atoms with van der Waals surface area (Å²) in [7, 11) is 0. The summed E-state index contributed by atoms with van der Waals surface area (Å²) < 4.78 is 5.26. The molecule has 100 valence electrons. The topological polar surface area (TPSA) is 70.6 Å². The van der Waals surface area contributed by atoms with Gasteiger partial charge in [-0.15, -0.1) is 0 Å². The lowest BCUT2D eigenvalue weighted by Gasteiger charge is -2.33. The van der Waals surface area contributed by atoms with Crippen LogP contribution in [0, 0.1) is 5.41 Å². The number of ether oxygens (including phenoxy) is 1. The van der Waals surface area contributed by atoms with Gasteiger partial charge in [-0.2, -0.15) is 0 Å². The van der Waals surface area contributed by atoms with Gasteiger partial charge >= 0.3 is 0 Å². The fourth-order valence-corrected chi connectivity index (χ4v) is 1.86. The fraction of sp³-hybridized carbons (Fsp3) is 0.917. The van der Waals surface area contributed by atoms with Crippen LogP contribution in [0.1, 0.15) is 27.2 Å². The second-order valence-electron chi connectivity index (χ2n) is 5.52. The molecule has 2 unspecified atom stereocenters. The van der Waals surface area contributed by atoms with Gasteiger partial charge in [-0.05, 0) is 11.8 Å². The van der Waals surface area contributed by atoms with Crippen LogP contribution >= 0.6 is 0 Å². The summed E-state index contributed by atoms with van der Waals surface area (Å²) in [6.45, 7) is 8.02. The first-order chi connectivity index (χ1) is 7.95. The SMILES string of the molecule is CC(C)(C)C(CCO)NC(=O)C1COCCN1. The highest BCUT2D eigenvalue weighted by Crippen LogP contribution is 2.21. The Balaban J connectivity index is 2.51. The summed E-state index contributed by atoms with van der Waals surface area (Å²) in [6, 6.07) is -0.295. The maximum absolute atomic E-state index is 12.0. The summed E-state index contributed by atoms with van der Waals surface area (Å²) in [6.07, 6.45) is 0.572. The highest BCUT2D eigenvalue weighted by molar-refractivity contribution is 5.82. The van der Waals surface area contributed by atoms with Crippen LogP contribution < -0.4 is 10.6 Å². The molecule has 1 aliphatic heterocycles. The minimum absolute atomic E-state index is 0.0243. The van der Waals surface area contributed by atoms with Crippen molar-refractivity contribution in [3.05, 3.63) is 0 Å². The minimum atomic E-state index is -0.271. The van der Waals surface area contributed by atoms with Crippen molar-refractivity contribution in [2.75, 3.05) is 26.4 Å². The van der Waals surface area contributed by atoms with Crippen molar-refractivity contribution >= 4 is 5.91 Å². The molecule has 0 bridgehead atoms. The number of rotatable bonds is 4. The van der Waals surface area contributed by atoms with Crippen LogP contribution in [0.25, 0.3) is 0 Å². The number of amides is 1. The average Bonchev–Trinajstić information content (AvgIpc) is 2.28. The Bertz CT molecular complexity index is 245. The van der Waals surface area contributed by atoms with Crippen LogP contribution in [0.2, 0.25) is 0 Å². The first-order valence-electron chi connectivity index (χ1n) is 6.17. The van der Waals surface area contributed by atoms with E-state index in [1.54, 1.807) is 0 Å². The molecule has 0 aromatic heterocycles. The van der Waals surface area contributed by atoms with E-state index in [-0.39, 0.29) is 30.0 Å². The molecule has 1 saturated heterocycles. The van der Waals surface area contributed by atoms with E-state index in [2.05, 4.69) is 31.4 Å². The van der Waals surface area contributed by atoms with E-state index in [0.29, 0.717) is 26.2 Å². The van der Waals surface area contributed by atoms with Crippen molar-refractivity contribution in [2.24, 2.45) is 5.41 Å². The van der Waals surface area contributed by atoms with Gasteiger partial charge in [0.15, 0.2) is 0 Å². The van der Waals surface area contributed by atoms with Crippen molar-refractivity contribution in [3.63, 3.8) is 0 Å². The third kappa shape index (κ3) is 4.61. The van der Waals surface area contributed by atoms with E-state index in [4.69, 9.17) is 9.84 Å². The number of morpholine rings is 1. The zero-order chi connectivity index (χ0) is 12.9. The van der Waals surface area contributed by atoms with Gasteiger partial charge in [-0.1, -0.05) is 20.8 Å². The fourth-order valence-electron chi connectivity index (χ4n) is 1.86. The molecule has 0 spiro atoms. The van der Waals surface area contributed by atoms with Crippen LogP contribution in [-0.2, 0) is 9.53 Å². The van der Waals surface area contributed by atoms with Crippen molar-refractivity contribution in [2.45, 2.75) is 39.3 Å². The number of hydrogen-bond acceptors (Lipinski definition) is 4. The highest BCUT2D eigenvalue weighted by atomic mass is 16.5. The van der Waals surface area contributed by atoms with Crippen LogP contribution in [-0.4, -0.2) is 49.5 Å². The highest BCUT2D eigenvalue weighted by Gasteiger charge is 2.29. The summed E-state index contributed by atoms with van der Waals surface area (Å²) in [5, 5.41) is 15.1. The zero-order valence-electron chi connectivity index (χ0n) is 11.0. The van der Waals surface area contributed by atoms with E-state index < -0.39 is 0 Å². The van der Waals surface area contributed by atoms with E-state index >= 15 is 0 Å². The Morgan fingerprint density at radius 3 is 2.76 bits per heavy atom. The Labute approximate surface area is 103 Å². The lowest BCUT2D eigenvalue weighted by molar-refractivity contribution is -0.127. The molecule has 17 heavy (non-hydrogen) atoms. The second kappa shape index (κ2) is 6.33. The van der Waals surface area contributed by atoms with Gasteiger partial charge in [0.1, 0.15) is 6.04 Å². The molecular weight excluding hydrogens is 220 g/mol. The van der Waals surface area contributed by atoms with E-state index in [9.17, 15) is 4.79 Å². The van der Waals surface area contributed by atoms with Gasteiger partial charge in [0.25, 0.3) is 0 Å². The predicted molar refractivity (Wildman–Crippen MR) is 65.7 cm³/mol. The van der Waals surface area contributed by atoms with Crippen molar-refractivity contribution < 1.29 is 14.6 Å². The maximum Gasteiger partial charge on any atom is 0.239 e. The smallest absolute Gasteiger partial charge is 0.239 e. The first-order valence-corrected chi connectivity index (χ1v) is 6.17. The van der Waals surface area contributed by atoms with Crippen molar-refractivity contribution in [1.82, 2.24) is 10.6 Å². The summed E-state index contributed by atoms with van der Waals surface area (Å²) in [5.74, 6) is -0.0434. The lowest BCUT2D eigenvalue weighted by Crippen LogP contribution is -2.55. The van der Waals surface area contributed by atoms with Crippen LogP contribution in [0.3, 0.4) is 0 Å². The number of hydrogen-bond donors (Lipinski definition) is 3. The molecule has 1 fully saturated rings. The molecule has 5 nitrogen and oxygen atoms in total. The minimum Gasteiger partial charge on any atom is -0.396 e. The average molecular weight is 244 g/mol. The predicted octanol–water partition coefficient (Wildman–Crippen LogP) is -0.112. The van der Waals surface area contributed by atoms with Crippen molar-refractivity contribution in [1.29, 1.82) is 0 Å². The van der Waals surface area contributed by atoms with E-state index in [1.165, 1.54) is 0 Å². The molecule has 1 rings (SSSR count). The normalized spacial score (nSPS) is 23.2. The molecule has 2 atom stereocenters. The van der Waals surface area contributed by atoms with Gasteiger partial charge in [0, 0.05) is 19.2 Å². The van der Waals surface area contributed by atoms with Gasteiger partial charge in [0.05, 0.1) is 13.2 Å². The monoisotopic (exact) mass is 244 g/mol. The Kier molecular flexibility index (Phi) is 5.36. The van der Waals surface area contributed by atoms with Gasteiger partial charge < -0.3 is 20.5 Å². The van der Waals surface area contributed by atoms with Gasteiger partial charge in [-0.3, -0.25) is 4.79 Å². The Hall–Kier alpha value is -0.650. The summed E-state index contributed by atoms with van der Waals surface area (Å²) in [5.41, 5.74) is -0.0616. The molecule has 0 aromatic rings. The maximum atomic E-state index is 12.0. The number of carbonyl (C=O) groups is 1. The Morgan fingerprint density at radius 2 is 2.29 bits per heavy atom. The molecule has 0 aliphatic carbocycles. The molecular formula is C12H24N2O3. The molecule has 0 radical (unpaired) electrons. The molecule has 1 amide bonds. The zero-order valence-corrected chi connectivity index (χ0v) is 11.0. The molecule has 5 heteroatoms. The summed E-state index contributed by atoms with van der Waals surface area (Å²) >= 11 is 0. The van der Waals surface area contributed by atoms with Gasteiger partial charge in [-0.25, -0.2) is 0 Å². The molecule has 3 N–H and O–H groups in total. The first kappa shape index (κ1) is 14.4. The van der Waals surface area contributed by atoms with Crippen LogP contribution in [0.15, 0.2) is 0 Å². The number of aliphatic hydroxyl groups excluding tert-OH is 1. The number of carbonyl (C=O) groups excluding carboxylic acids is 1. The van der Waals surface area contributed by atoms with Crippen LogP contribution in [0.4, 0.5) is 0 Å². The third-order valence-electron chi connectivity index (χ3n) is 3.02. The second-order valence-corrected chi connectivity index (χ2v) is 5.52. The van der Waals surface area contributed by atoms with Gasteiger partial charge in [0.2, 0.25) is 5.91 Å². The van der Waals surface area contributed by atoms with Crippen LogP contribution in [0.5, 0.6) is 0 Å². The number of nitrogens with one attached hydrogen (secondary N) is 2. The third-order valence-corrected chi connectivity index (χ3v) is 3.02. The largest absolute Gasteiger partial charge is 0.396 e. The quantitative estimate of drug-likeness (QED) is 0.645. The molecule has 0 saturated carbocycles. The molecule has 1 heterocycles. The van der Waals surface area contributed by atoms with Crippen molar-refractivity contribution in [3.8, 4) is 0 Å². The van der Waals surface area contributed by atoms with E-state index in [1.807, 2.05) is 0 Å². The summed E-state index contributed by atoms with van der Waals surface area (Å²) in [4.78, 5) is 12.0. The number of aliphatic hydroxyl groups is 1. The Morgan fingerprint density at radius 1 is 1.59 bits per heavy atom.